The Hall–Kier alpha value is -3.51. The van der Waals surface area contributed by atoms with Gasteiger partial charge in [0.15, 0.2) is 0 Å². The second-order valence-corrected chi connectivity index (χ2v) is 16.4. The van der Waals surface area contributed by atoms with E-state index in [9.17, 15) is 33.6 Å². The number of nitrogens with one attached hydrogen (secondary N) is 3. The Morgan fingerprint density at radius 2 is 1.57 bits per heavy atom. The van der Waals surface area contributed by atoms with E-state index in [-0.39, 0.29) is 61.2 Å². The number of primary amides is 1. The Morgan fingerprint density at radius 1 is 0.978 bits per heavy atom. The molecule has 0 bridgehead atoms. The van der Waals surface area contributed by atoms with Crippen LogP contribution in [-0.4, -0.2) is 82.0 Å². The molecule has 1 unspecified atom stereocenters. The maximum absolute atomic E-state index is 14.3. The molecule has 0 aromatic carbocycles. The van der Waals surface area contributed by atoms with E-state index in [0.29, 0.717) is 6.42 Å². The fraction of sp³-hybridized carbons (Fsp3) is 0.788. The normalized spacial score (nSPS) is 26.2. The number of carbonyl (C=O) groups excluding carboxylic acids is 7. The molecule has 0 aromatic rings. The van der Waals surface area contributed by atoms with Gasteiger partial charge < -0.3 is 31.3 Å². The van der Waals surface area contributed by atoms with Crippen LogP contribution in [0.2, 0.25) is 0 Å². The first-order valence-electron chi connectivity index (χ1n) is 16.4. The third-order valence-corrected chi connectivity index (χ3v) is 10.1. The van der Waals surface area contributed by atoms with Crippen LogP contribution in [0.1, 0.15) is 100 Å². The standard InChI is InChI=1S/C33H51N5O8/c1-30(2,3)24(36-29(45)37-33(13-11-18(39)12-14-33)28(44)46-31(4,5)6)27(43)38-16-19-21(32(19,7)8)22(38)26(42)35-20(15-17-9-10-17)23(40)25(34)41/h17,19-22,24H,9-16H2,1-8H3,(H2,34,41)(H,35,42)(H2,36,37,45)/t19-,20?,21-,22-,24+/m0/s1. The highest BCUT2D eigenvalue weighted by molar-refractivity contribution is 6.37. The van der Waals surface area contributed by atoms with E-state index in [1.807, 2.05) is 13.8 Å². The zero-order valence-corrected chi connectivity index (χ0v) is 28.4. The van der Waals surface area contributed by atoms with Gasteiger partial charge in [0.25, 0.3) is 5.91 Å². The predicted octanol–water partition coefficient (Wildman–Crippen LogP) is 1.75. The monoisotopic (exact) mass is 645 g/mol. The van der Waals surface area contributed by atoms with Crippen LogP contribution in [0.25, 0.3) is 0 Å². The predicted molar refractivity (Wildman–Crippen MR) is 167 cm³/mol. The SMILES string of the molecule is CC(C)(C)OC(=O)C1(NC(=O)N[C@H](C(=O)N2C[C@H]3[C@@H]([C@H]2C(=O)NC(CC2CC2)C(=O)C(N)=O)C3(C)C)C(C)(C)C)CCC(=O)CC1. The average Bonchev–Trinajstić information content (AvgIpc) is 3.77. The second kappa shape index (κ2) is 12.3. The van der Waals surface area contributed by atoms with Crippen LogP contribution in [0, 0.1) is 28.6 Å². The van der Waals surface area contributed by atoms with Crippen molar-refractivity contribution in [1.82, 2.24) is 20.9 Å². The third kappa shape index (κ3) is 7.54. The van der Waals surface area contributed by atoms with Gasteiger partial charge in [-0.05, 0) is 68.6 Å². The summed E-state index contributed by atoms with van der Waals surface area (Å²) in [6.07, 6.45) is 2.45. The third-order valence-electron chi connectivity index (χ3n) is 10.1. The van der Waals surface area contributed by atoms with Gasteiger partial charge >= 0.3 is 12.0 Å². The molecule has 3 aliphatic carbocycles. The second-order valence-electron chi connectivity index (χ2n) is 16.4. The van der Waals surface area contributed by atoms with Crippen molar-refractivity contribution in [2.24, 2.45) is 34.3 Å². The number of urea groups is 1. The maximum atomic E-state index is 14.3. The first-order valence-corrected chi connectivity index (χ1v) is 16.4. The molecule has 13 nitrogen and oxygen atoms in total. The number of likely N-dealkylation sites (tertiary alicyclic amines) is 1. The van der Waals surface area contributed by atoms with Gasteiger partial charge in [-0.3, -0.25) is 24.0 Å². The minimum atomic E-state index is -1.44. The van der Waals surface area contributed by atoms with Crippen LogP contribution in [-0.2, 0) is 33.5 Å². The molecule has 13 heteroatoms. The summed E-state index contributed by atoms with van der Waals surface area (Å²) >= 11 is 0. The van der Waals surface area contributed by atoms with Crippen molar-refractivity contribution in [3.05, 3.63) is 0 Å². The van der Waals surface area contributed by atoms with Gasteiger partial charge in [0, 0.05) is 19.4 Å². The molecule has 0 spiro atoms. The summed E-state index contributed by atoms with van der Waals surface area (Å²) < 4.78 is 5.62. The molecule has 256 valence electrons. The molecule has 46 heavy (non-hydrogen) atoms. The van der Waals surface area contributed by atoms with E-state index in [0.717, 1.165) is 12.8 Å². The Morgan fingerprint density at radius 3 is 2.07 bits per heavy atom. The summed E-state index contributed by atoms with van der Waals surface area (Å²) in [4.78, 5) is 92.9. The number of ketones is 2. The topological polar surface area (TPSA) is 194 Å². The zero-order valence-electron chi connectivity index (χ0n) is 28.4. The summed E-state index contributed by atoms with van der Waals surface area (Å²) in [5, 5.41) is 8.27. The first-order chi connectivity index (χ1) is 21.1. The molecule has 3 saturated carbocycles. The van der Waals surface area contributed by atoms with Crippen LogP contribution < -0.4 is 21.7 Å². The molecule has 0 aromatic heterocycles. The van der Waals surface area contributed by atoms with Gasteiger partial charge in [-0.1, -0.05) is 47.5 Å². The number of esters is 1. The zero-order chi connectivity index (χ0) is 34.6. The minimum absolute atomic E-state index is 0.0131. The van der Waals surface area contributed by atoms with E-state index in [1.165, 1.54) is 4.90 Å². The fourth-order valence-electron chi connectivity index (χ4n) is 7.07. The molecular formula is C33H51N5O8. The summed E-state index contributed by atoms with van der Waals surface area (Å²) in [7, 11) is 0. The number of amides is 5. The number of nitrogens with two attached hydrogens (primary N) is 1. The van der Waals surface area contributed by atoms with Crippen LogP contribution >= 0.6 is 0 Å². The fourth-order valence-corrected chi connectivity index (χ4v) is 7.07. The van der Waals surface area contributed by atoms with Crippen molar-refractivity contribution in [2.45, 2.75) is 130 Å². The largest absolute Gasteiger partial charge is 0.458 e. The van der Waals surface area contributed by atoms with Crippen molar-refractivity contribution >= 4 is 41.3 Å². The number of ether oxygens (including phenoxy) is 1. The van der Waals surface area contributed by atoms with Gasteiger partial charge in [0.2, 0.25) is 17.6 Å². The smallest absolute Gasteiger partial charge is 0.332 e. The Labute approximate surface area is 270 Å². The molecule has 1 aliphatic heterocycles. The van der Waals surface area contributed by atoms with E-state index < -0.39 is 70.2 Å². The number of hydrogen-bond acceptors (Lipinski definition) is 8. The molecule has 5 amide bonds. The van der Waals surface area contributed by atoms with Crippen molar-refractivity contribution in [2.75, 3.05) is 6.54 Å². The number of hydrogen-bond donors (Lipinski definition) is 4. The molecule has 0 radical (unpaired) electrons. The Bertz CT molecular complexity index is 1300. The molecule has 1 saturated heterocycles. The van der Waals surface area contributed by atoms with Crippen LogP contribution in [0.4, 0.5) is 4.79 Å². The average molecular weight is 646 g/mol. The summed E-state index contributed by atoms with van der Waals surface area (Å²) in [6, 6.07) is -3.85. The van der Waals surface area contributed by atoms with Crippen LogP contribution in [0.5, 0.6) is 0 Å². The number of piperidine rings is 1. The van der Waals surface area contributed by atoms with Crippen LogP contribution in [0.3, 0.4) is 0 Å². The summed E-state index contributed by atoms with van der Waals surface area (Å²) in [5.41, 5.74) is 1.98. The summed E-state index contributed by atoms with van der Waals surface area (Å²) in [6.45, 7) is 14.8. The van der Waals surface area contributed by atoms with E-state index >= 15 is 0 Å². The van der Waals surface area contributed by atoms with Gasteiger partial charge in [0.1, 0.15) is 29.0 Å². The van der Waals surface area contributed by atoms with Crippen LogP contribution in [0.15, 0.2) is 0 Å². The lowest BCUT2D eigenvalue weighted by molar-refractivity contribution is -0.164. The summed E-state index contributed by atoms with van der Waals surface area (Å²) in [5.74, 6) is -3.57. The molecule has 5 atom stereocenters. The minimum Gasteiger partial charge on any atom is -0.458 e. The van der Waals surface area contributed by atoms with Gasteiger partial charge in [-0.2, -0.15) is 0 Å². The molecule has 5 N–H and O–H groups in total. The molecular weight excluding hydrogens is 594 g/mol. The lowest BCUT2D eigenvalue weighted by Gasteiger charge is -2.40. The number of rotatable bonds is 10. The highest BCUT2D eigenvalue weighted by Gasteiger charge is 2.70. The highest BCUT2D eigenvalue weighted by Crippen LogP contribution is 2.65. The molecule has 4 aliphatic rings. The van der Waals surface area contributed by atoms with Gasteiger partial charge in [-0.15, -0.1) is 0 Å². The highest BCUT2D eigenvalue weighted by atomic mass is 16.6. The quantitative estimate of drug-likeness (QED) is 0.204. The van der Waals surface area contributed by atoms with Crippen molar-refractivity contribution < 1.29 is 38.3 Å². The van der Waals surface area contributed by atoms with Crippen molar-refractivity contribution in [3.63, 3.8) is 0 Å². The van der Waals surface area contributed by atoms with Gasteiger partial charge in [-0.25, -0.2) is 9.59 Å². The number of fused-ring (bicyclic) bond motifs is 1. The van der Waals surface area contributed by atoms with E-state index in [4.69, 9.17) is 10.5 Å². The molecule has 1 heterocycles. The first kappa shape index (κ1) is 35.3. The maximum Gasteiger partial charge on any atom is 0.332 e. The number of Topliss-reactive ketones (excluding diaryl/α,β-unsaturated/α-hetero) is 2. The number of nitrogens with zero attached hydrogens (tertiary/aromatic N) is 1. The number of carbonyl (C=O) groups is 7. The Kier molecular flexibility index (Phi) is 9.42. The van der Waals surface area contributed by atoms with Crippen molar-refractivity contribution in [3.8, 4) is 0 Å². The Balaban J connectivity index is 1.55. The molecule has 4 rings (SSSR count). The van der Waals surface area contributed by atoms with Crippen molar-refractivity contribution in [1.29, 1.82) is 0 Å². The lowest BCUT2D eigenvalue weighted by Crippen LogP contribution is -2.65. The van der Waals surface area contributed by atoms with Gasteiger partial charge in [0.05, 0.1) is 6.04 Å². The van der Waals surface area contributed by atoms with E-state index in [1.54, 1.807) is 41.5 Å². The molecule has 4 fully saturated rings. The van der Waals surface area contributed by atoms with E-state index in [2.05, 4.69) is 16.0 Å². The lowest BCUT2D eigenvalue weighted by atomic mass is 9.80.